The van der Waals surface area contributed by atoms with Crippen molar-refractivity contribution in [3.63, 3.8) is 0 Å². The number of piperidine rings is 1. The van der Waals surface area contributed by atoms with Crippen molar-refractivity contribution in [2.45, 2.75) is 31.8 Å². The Labute approximate surface area is 120 Å². The van der Waals surface area contributed by atoms with Crippen LogP contribution in [-0.2, 0) is 0 Å². The van der Waals surface area contributed by atoms with Crippen LogP contribution in [0.2, 0.25) is 0 Å². The van der Waals surface area contributed by atoms with E-state index in [4.69, 9.17) is 5.73 Å². The minimum Gasteiger partial charge on any atom is -0.398 e. The number of aromatic nitrogens is 1. The molecule has 0 aliphatic carbocycles. The highest BCUT2D eigenvalue weighted by atomic mass is 15.1. The topological polar surface area (TPSA) is 54.2 Å². The van der Waals surface area contributed by atoms with Crippen molar-refractivity contribution in [3.05, 3.63) is 30.6 Å². The van der Waals surface area contributed by atoms with Crippen molar-refractivity contribution in [1.29, 1.82) is 0 Å². The molecule has 1 aliphatic heterocycles. The summed E-state index contributed by atoms with van der Waals surface area (Å²) in [5.74, 6) is 0. The van der Waals surface area contributed by atoms with Gasteiger partial charge < -0.3 is 16.0 Å². The lowest BCUT2D eigenvalue weighted by molar-refractivity contribution is 0.190. The molecule has 0 bridgehead atoms. The Hall–Kier alpha value is -1.81. The largest absolute Gasteiger partial charge is 0.398 e. The molecule has 2 atom stereocenters. The highest BCUT2D eigenvalue weighted by Crippen LogP contribution is 2.29. The van der Waals surface area contributed by atoms with Crippen molar-refractivity contribution in [1.82, 2.24) is 9.88 Å². The normalized spacial score (nSPS) is 23.9. The minimum absolute atomic E-state index is 0.529. The van der Waals surface area contributed by atoms with Crippen LogP contribution in [0.25, 0.3) is 10.8 Å². The summed E-state index contributed by atoms with van der Waals surface area (Å²) in [6.07, 6.45) is 6.02. The average molecular weight is 270 g/mol. The van der Waals surface area contributed by atoms with E-state index in [2.05, 4.69) is 35.2 Å². The van der Waals surface area contributed by atoms with Crippen molar-refractivity contribution in [3.8, 4) is 0 Å². The van der Waals surface area contributed by atoms with E-state index in [9.17, 15) is 0 Å². The molecule has 0 amide bonds. The molecule has 2 heterocycles. The van der Waals surface area contributed by atoms with Gasteiger partial charge in [0.15, 0.2) is 0 Å². The van der Waals surface area contributed by atoms with Crippen LogP contribution in [0.4, 0.5) is 11.4 Å². The standard InChI is InChI=1S/C16H22N4/c1-11-9-12(6-8-20(11)2)19-16-4-3-15(17)14-10-18-7-5-13(14)16/h3-5,7,10-12,19H,6,8-9,17H2,1-2H3. The molecule has 1 aliphatic rings. The summed E-state index contributed by atoms with van der Waals surface area (Å²) < 4.78 is 0. The molecule has 1 aromatic carbocycles. The Bertz CT molecular complexity index is 610. The summed E-state index contributed by atoms with van der Waals surface area (Å²) in [4.78, 5) is 6.59. The van der Waals surface area contributed by atoms with Crippen LogP contribution in [0.3, 0.4) is 0 Å². The Morgan fingerprint density at radius 1 is 1.30 bits per heavy atom. The maximum Gasteiger partial charge on any atom is 0.0424 e. The summed E-state index contributed by atoms with van der Waals surface area (Å²) in [5, 5.41) is 5.88. The van der Waals surface area contributed by atoms with Crippen molar-refractivity contribution in [2.75, 3.05) is 24.6 Å². The number of rotatable bonds is 2. The first-order valence-corrected chi connectivity index (χ1v) is 7.24. The fourth-order valence-corrected chi connectivity index (χ4v) is 2.98. The SMILES string of the molecule is CC1CC(Nc2ccc(N)c3cnccc23)CCN1C. The molecule has 2 aromatic rings. The second-order valence-electron chi connectivity index (χ2n) is 5.82. The number of fused-ring (bicyclic) bond motifs is 1. The number of nitrogens with two attached hydrogens (primary N) is 1. The first kappa shape index (κ1) is 13.2. The van der Waals surface area contributed by atoms with E-state index in [0.717, 1.165) is 23.0 Å². The number of hydrogen-bond acceptors (Lipinski definition) is 4. The molecule has 0 spiro atoms. The van der Waals surface area contributed by atoms with Gasteiger partial charge in [-0.25, -0.2) is 0 Å². The molecule has 4 nitrogen and oxygen atoms in total. The van der Waals surface area contributed by atoms with Gasteiger partial charge in [-0.05, 0) is 45.0 Å². The first-order valence-electron chi connectivity index (χ1n) is 7.24. The quantitative estimate of drug-likeness (QED) is 0.824. The van der Waals surface area contributed by atoms with Crippen LogP contribution >= 0.6 is 0 Å². The van der Waals surface area contributed by atoms with Gasteiger partial charge in [-0.15, -0.1) is 0 Å². The van der Waals surface area contributed by atoms with E-state index >= 15 is 0 Å². The van der Waals surface area contributed by atoms with E-state index in [-0.39, 0.29) is 0 Å². The fourth-order valence-electron chi connectivity index (χ4n) is 2.98. The number of pyridine rings is 1. The highest BCUT2D eigenvalue weighted by molar-refractivity contribution is 6.00. The summed E-state index contributed by atoms with van der Waals surface area (Å²) in [6, 6.07) is 7.24. The first-order chi connectivity index (χ1) is 9.65. The van der Waals surface area contributed by atoms with Crippen molar-refractivity contribution in [2.24, 2.45) is 0 Å². The molecule has 0 saturated carbocycles. The van der Waals surface area contributed by atoms with Gasteiger partial charge in [0, 0.05) is 53.2 Å². The third kappa shape index (κ3) is 2.43. The van der Waals surface area contributed by atoms with Gasteiger partial charge in [0.1, 0.15) is 0 Å². The van der Waals surface area contributed by atoms with E-state index in [1.807, 2.05) is 24.5 Å². The summed E-state index contributed by atoms with van der Waals surface area (Å²) >= 11 is 0. The Balaban J connectivity index is 1.86. The smallest absolute Gasteiger partial charge is 0.0424 e. The van der Waals surface area contributed by atoms with Crippen LogP contribution < -0.4 is 11.1 Å². The lowest BCUT2D eigenvalue weighted by Crippen LogP contribution is -2.42. The number of nitrogens with zero attached hydrogens (tertiary/aromatic N) is 2. The highest BCUT2D eigenvalue weighted by Gasteiger charge is 2.22. The molecular formula is C16H22N4. The van der Waals surface area contributed by atoms with Crippen LogP contribution in [0, 0.1) is 0 Å². The second-order valence-corrected chi connectivity index (χ2v) is 5.82. The molecule has 0 radical (unpaired) electrons. The monoisotopic (exact) mass is 270 g/mol. The molecule has 4 heteroatoms. The van der Waals surface area contributed by atoms with Gasteiger partial charge in [-0.1, -0.05) is 0 Å². The average Bonchev–Trinajstić information content (AvgIpc) is 2.46. The third-order valence-electron chi connectivity index (χ3n) is 4.42. The lowest BCUT2D eigenvalue weighted by atomic mass is 9.98. The van der Waals surface area contributed by atoms with Crippen LogP contribution in [0.5, 0.6) is 0 Å². The van der Waals surface area contributed by atoms with E-state index < -0.39 is 0 Å². The molecule has 2 unspecified atom stereocenters. The Morgan fingerprint density at radius 2 is 2.15 bits per heavy atom. The van der Waals surface area contributed by atoms with Crippen molar-refractivity contribution < 1.29 is 0 Å². The summed E-state index contributed by atoms with van der Waals surface area (Å²) in [7, 11) is 2.20. The Kier molecular flexibility index (Phi) is 3.49. The predicted molar refractivity (Wildman–Crippen MR) is 84.9 cm³/mol. The lowest BCUT2D eigenvalue weighted by Gasteiger charge is -2.36. The summed E-state index contributed by atoms with van der Waals surface area (Å²) in [5.41, 5.74) is 7.98. The van der Waals surface area contributed by atoms with Gasteiger partial charge in [0.05, 0.1) is 0 Å². The van der Waals surface area contributed by atoms with E-state index in [1.165, 1.54) is 18.5 Å². The number of benzene rings is 1. The van der Waals surface area contributed by atoms with Gasteiger partial charge in [-0.2, -0.15) is 0 Å². The van der Waals surface area contributed by atoms with Gasteiger partial charge in [0.2, 0.25) is 0 Å². The molecule has 3 N–H and O–H groups in total. The predicted octanol–water partition coefficient (Wildman–Crippen LogP) is 2.71. The van der Waals surface area contributed by atoms with Crippen LogP contribution in [0.15, 0.2) is 30.6 Å². The maximum atomic E-state index is 6.02. The molecule has 1 fully saturated rings. The number of anilines is 2. The second kappa shape index (κ2) is 5.29. The zero-order chi connectivity index (χ0) is 14.1. The Morgan fingerprint density at radius 3 is 2.95 bits per heavy atom. The number of likely N-dealkylation sites (tertiary alicyclic amines) is 1. The molecule has 1 aromatic heterocycles. The van der Waals surface area contributed by atoms with E-state index in [0.29, 0.717) is 12.1 Å². The fraction of sp³-hybridized carbons (Fsp3) is 0.438. The van der Waals surface area contributed by atoms with Crippen LogP contribution in [0.1, 0.15) is 19.8 Å². The number of nitrogens with one attached hydrogen (secondary N) is 1. The van der Waals surface area contributed by atoms with Gasteiger partial charge in [-0.3, -0.25) is 4.98 Å². The minimum atomic E-state index is 0.529. The van der Waals surface area contributed by atoms with Crippen LogP contribution in [-0.4, -0.2) is 35.6 Å². The molecular weight excluding hydrogens is 248 g/mol. The van der Waals surface area contributed by atoms with Crippen molar-refractivity contribution >= 4 is 22.1 Å². The molecule has 1 saturated heterocycles. The van der Waals surface area contributed by atoms with E-state index in [1.54, 1.807) is 0 Å². The number of nitrogen functional groups attached to an aromatic ring is 1. The van der Waals surface area contributed by atoms with Gasteiger partial charge >= 0.3 is 0 Å². The third-order valence-corrected chi connectivity index (χ3v) is 4.42. The zero-order valence-corrected chi connectivity index (χ0v) is 12.1. The molecule has 106 valence electrons. The maximum absolute atomic E-state index is 6.02. The molecule has 20 heavy (non-hydrogen) atoms. The molecule has 3 rings (SSSR count). The van der Waals surface area contributed by atoms with Gasteiger partial charge in [0.25, 0.3) is 0 Å². The summed E-state index contributed by atoms with van der Waals surface area (Å²) in [6.45, 7) is 3.44. The zero-order valence-electron chi connectivity index (χ0n) is 12.1. The number of hydrogen-bond donors (Lipinski definition) is 2.